The first-order chi connectivity index (χ1) is 12.1. The van der Waals surface area contributed by atoms with Gasteiger partial charge >= 0.3 is 0 Å². The van der Waals surface area contributed by atoms with Crippen LogP contribution in [0.5, 0.6) is 5.88 Å². The molecule has 0 saturated carbocycles. The summed E-state index contributed by atoms with van der Waals surface area (Å²) in [7, 11) is 0. The molecule has 2 aromatic heterocycles. The van der Waals surface area contributed by atoms with E-state index in [1.54, 1.807) is 24.3 Å². The topological polar surface area (TPSA) is 110 Å². The molecule has 0 aliphatic heterocycles. The fourth-order valence-electron chi connectivity index (χ4n) is 2.38. The number of nitrogens with one attached hydrogen (secondary N) is 2. The lowest BCUT2D eigenvalue weighted by atomic mass is 10.2. The number of aromatic nitrogens is 2. The van der Waals surface area contributed by atoms with E-state index in [-0.39, 0.29) is 11.1 Å². The number of nitrogens with two attached hydrogens (primary N) is 1. The minimum atomic E-state index is -0.469. The molecule has 1 amide bonds. The summed E-state index contributed by atoms with van der Waals surface area (Å²) in [6.45, 7) is 2.57. The smallest absolute Gasteiger partial charge is 0.257 e. The van der Waals surface area contributed by atoms with Gasteiger partial charge in [0.15, 0.2) is 0 Å². The van der Waals surface area contributed by atoms with Gasteiger partial charge in [-0.2, -0.15) is 0 Å². The third-order valence-electron chi connectivity index (χ3n) is 3.67. The van der Waals surface area contributed by atoms with Crippen molar-refractivity contribution in [3.8, 4) is 5.88 Å². The molecule has 7 nitrogen and oxygen atoms in total. The van der Waals surface area contributed by atoms with Crippen molar-refractivity contribution in [2.24, 2.45) is 0 Å². The Labute approximate surface area is 143 Å². The third kappa shape index (κ3) is 3.60. The number of hydrogen-bond donors (Lipinski definition) is 3. The van der Waals surface area contributed by atoms with Gasteiger partial charge in [0.1, 0.15) is 11.1 Å². The van der Waals surface area contributed by atoms with E-state index in [1.165, 1.54) is 6.20 Å². The lowest BCUT2D eigenvalue weighted by Crippen LogP contribution is -2.28. The second-order valence-electron chi connectivity index (χ2n) is 5.43. The second kappa shape index (κ2) is 7.04. The Kier molecular flexibility index (Phi) is 4.65. The van der Waals surface area contributed by atoms with Crippen LogP contribution >= 0.6 is 0 Å². The maximum atomic E-state index is 12.6. The number of carbonyl (C=O) groups excluding carboxylic acids is 1. The Morgan fingerprint density at radius 3 is 2.72 bits per heavy atom. The minimum Gasteiger partial charge on any atom is -0.478 e. The van der Waals surface area contributed by atoms with Gasteiger partial charge in [-0.1, -0.05) is 12.1 Å². The average Bonchev–Trinajstić information content (AvgIpc) is 2.62. The Morgan fingerprint density at radius 2 is 2.00 bits per heavy atom. The van der Waals surface area contributed by atoms with Gasteiger partial charge in [-0.15, -0.1) is 0 Å². The summed E-state index contributed by atoms with van der Waals surface area (Å²) >= 11 is 0. The van der Waals surface area contributed by atoms with Crippen molar-refractivity contribution in [2.45, 2.75) is 13.5 Å². The van der Waals surface area contributed by atoms with Crippen LogP contribution < -0.4 is 21.2 Å². The molecule has 25 heavy (non-hydrogen) atoms. The fourth-order valence-corrected chi connectivity index (χ4v) is 2.38. The zero-order valence-electron chi connectivity index (χ0n) is 13.7. The number of nitrogen functional groups attached to an aromatic ring is 1. The van der Waals surface area contributed by atoms with Gasteiger partial charge in [-0.3, -0.25) is 9.59 Å². The second-order valence-corrected chi connectivity index (χ2v) is 5.43. The minimum absolute atomic E-state index is 0.00379. The maximum Gasteiger partial charge on any atom is 0.257 e. The molecule has 0 radical (unpaired) electrons. The molecule has 4 N–H and O–H groups in total. The van der Waals surface area contributed by atoms with Crippen molar-refractivity contribution >= 4 is 22.6 Å². The summed E-state index contributed by atoms with van der Waals surface area (Å²) in [4.78, 5) is 32.0. The summed E-state index contributed by atoms with van der Waals surface area (Å²) in [5, 5.41) is 2.72. The predicted molar refractivity (Wildman–Crippen MR) is 95.6 cm³/mol. The number of carbonyl (C=O) groups is 1. The Balaban J connectivity index is 1.84. The van der Waals surface area contributed by atoms with E-state index in [0.29, 0.717) is 30.2 Å². The molecule has 0 aliphatic rings. The molecule has 1 aromatic carbocycles. The molecule has 0 fully saturated rings. The quantitative estimate of drug-likeness (QED) is 0.615. The number of anilines is 1. The fraction of sp³-hybridized carbons (Fsp3) is 0.167. The van der Waals surface area contributed by atoms with E-state index in [4.69, 9.17) is 10.5 Å². The number of benzene rings is 1. The molecule has 0 saturated heterocycles. The van der Waals surface area contributed by atoms with Crippen LogP contribution in [0.3, 0.4) is 0 Å². The maximum absolute atomic E-state index is 12.6. The Bertz CT molecular complexity index is 964. The average molecular weight is 338 g/mol. The van der Waals surface area contributed by atoms with Gasteiger partial charge in [0.25, 0.3) is 5.91 Å². The molecule has 3 rings (SSSR count). The number of nitrogens with zero attached hydrogens (tertiary/aromatic N) is 1. The lowest BCUT2D eigenvalue weighted by molar-refractivity contribution is 0.0949. The highest BCUT2D eigenvalue weighted by molar-refractivity contribution is 5.96. The predicted octanol–water partition coefficient (Wildman–Crippen LogP) is 1.83. The van der Waals surface area contributed by atoms with Gasteiger partial charge in [-0.05, 0) is 30.7 Å². The van der Waals surface area contributed by atoms with Gasteiger partial charge in [-0.25, -0.2) is 4.98 Å². The molecule has 7 heteroatoms. The highest BCUT2D eigenvalue weighted by Gasteiger charge is 2.14. The van der Waals surface area contributed by atoms with Crippen LogP contribution in [0.2, 0.25) is 0 Å². The molecule has 0 spiro atoms. The van der Waals surface area contributed by atoms with Gasteiger partial charge in [0, 0.05) is 24.5 Å². The molecule has 128 valence electrons. The molecule has 0 aliphatic carbocycles. The van der Waals surface area contributed by atoms with E-state index >= 15 is 0 Å². The van der Waals surface area contributed by atoms with Gasteiger partial charge < -0.3 is 20.8 Å². The van der Waals surface area contributed by atoms with Crippen LogP contribution in [0.4, 0.5) is 5.69 Å². The summed E-state index contributed by atoms with van der Waals surface area (Å²) in [5.74, 6) is -0.122. The number of H-pyrrole nitrogens is 1. The van der Waals surface area contributed by atoms with E-state index in [0.717, 1.165) is 5.56 Å². The van der Waals surface area contributed by atoms with Crippen LogP contribution in [0.25, 0.3) is 11.0 Å². The normalized spacial score (nSPS) is 10.6. The van der Waals surface area contributed by atoms with E-state index < -0.39 is 11.3 Å². The first-order valence-electron chi connectivity index (χ1n) is 7.86. The number of amides is 1. The highest BCUT2D eigenvalue weighted by Crippen LogP contribution is 2.12. The van der Waals surface area contributed by atoms with Crippen molar-refractivity contribution in [3.63, 3.8) is 0 Å². The summed E-state index contributed by atoms with van der Waals surface area (Å²) in [6.07, 6.45) is 1.39. The van der Waals surface area contributed by atoms with Crippen LogP contribution in [0.1, 0.15) is 22.8 Å². The molecular weight excluding hydrogens is 320 g/mol. The van der Waals surface area contributed by atoms with Gasteiger partial charge in [0.05, 0.1) is 12.1 Å². The summed E-state index contributed by atoms with van der Waals surface area (Å²) in [6, 6.07) is 10.5. The third-order valence-corrected chi connectivity index (χ3v) is 3.67. The number of fused-ring (bicyclic) bond motifs is 1. The molecule has 3 aromatic rings. The standard InChI is InChI=1S/C18H18N4O3/c1-2-25-15-8-7-14-16(22-15)17(23)13(10-20-14)18(24)21-9-11-3-5-12(19)6-4-11/h3-8,10H,2,9,19H2,1H3,(H,20,23)(H,21,24). The first-order valence-corrected chi connectivity index (χ1v) is 7.86. The Hall–Kier alpha value is -3.35. The van der Waals surface area contributed by atoms with E-state index in [2.05, 4.69) is 15.3 Å². The van der Waals surface area contributed by atoms with E-state index in [9.17, 15) is 9.59 Å². The van der Waals surface area contributed by atoms with Crippen LogP contribution in [-0.2, 0) is 6.54 Å². The van der Waals surface area contributed by atoms with E-state index in [1.807, 2.05) is 19.1 Å². The monoisotopic (exact) mass is 338 g/mol. The van der Waals surface area contributed by atoms with Crippen molar-refractivity contribution in [3.05, 3.63) is 63.9 Å². The first kappa shape index (κ1) is 16.5. The SMILES string of the molecule is CCOc1ccc2[nH]cc(C(=O)NCc3ccc(N)cc3)c(=O)c2n1. The molecule has 0 bridgehead atoms. The molecule has 0 unspecified atom stereocenters. The van der Waals surface area contributed by atoms with Crippen molar-refractivity contribution in [1.82, 2.24) is 15.3 Å². The van der Waals surface area contributed by atoms with Crippen LogP contribution in [0.15, 0.2) is 47.4 Å². The number of aromatic amines is 1. The summed E-state index contributed by atoms with van der Waals surface area (Å²) in [5.41, 5.74) is 7.45. The van der Waals surface area contributed by atoms with Gasteiger partial charge in [0.2, 0.25) is 11.3 Å². The number of rotatable bonds is 5. The van der Waals surface area contributed by atoms with Crippen molar-refractivity contribution in [1.29, 1.82) is 0 Å². The zero-order valence-corrected chi connectivity index (χ0v) is 13.7. The molecule has 0 atom stereocenters. The summed E-state index contributed by atoms with van der Waals surface area (Å²) < 4.78 is 5.31. The van der Waals surface area contributed by atoms with Crippen molar-refractivity contribution in [2.75, 3.05) is 12.3 Å². The van der Waals surface area contributed by atoms with Crippen LogP contribution in [0, 0.1) is 0 Å². The lowest BCUT2D eigenvalue weighted by Gasteiger charge is -2.07. The highest BCUT2D eigenvalue weighted by atomic mass is 16.5. The molecule has 2 heterocycles. The zero-order chi connectivity index (χ0) is 17.8. The number of pyridine rings is 2. The largest absolute Gasteiger partial charge is 0.478 e. The van der Waals surface area contributed by atoms with Crippen molar-refractivity contribution < 1.29 is 9.53 Å². The number of hydrogen-bond acceptors (Lipinski definition) is 5. The van der Waals surface area contributed by atoms with Crippen LogP contribution in [-0.4, -0.2) is 22.5 Å². The number of ether oxygens (including phenoxy) is 1. The Morgan fingerprint density at radius 1 is 1.24 bits per heavy atom. The molecular formula is C18H18N4O3.